The molecule has 1 saturated carbocycles. The third-order valence-electron chi connectivity index (χ3n) is 8.17. The van der Waals surface area contributed by atoms with Crippen LogP contribution < -0.4 is 4.74 Å². The Morgan fingerprint density at radius 3 is 2.08 bits per heavy atom. The molecule has 1 aliphatic rings. The summed E-state index contributed by atoms with van der Waals surface area (Å²) in [6.07, 6.45) is 27.9. The third kappa shape index (κ3) is 10.2. The van der Waals surface area contributed by atoms with Crippen LogP contribution >= 0.6 is 0 Å². The summed E-state index contributed by atoms with van der Waals surface area (Å²) in [5.41, 5.74) is 3.44. The van der Waals surface area contributed by atoms with Crippen molar-refractivity contribution in [3.8, 4) is 17.0 Å². The lowest BCUT2D eigenvalue weighted by molar-refractivity contribution is 0.252. The van der Waals surface area contributed by atoms with E-state index in [1.165, 1.54) is 108 Å². The molecule has 1 aliphatic carbocycles. The number of rotatable bonds is 18. The van der Waals surface area contributed by atoms with E-state index < -0.39 is 0 Å². The van der Waals surface area contributed by atoms with Crippen molar-refractivity contribution in [3.05, 3.63) is 42.4 Å². The molecule has 0 unspecified atom stereocenters. The summed E-state index contributed by atoms with van der Waals surface area (Å²) in [5, 5.41) is 0. The molecule has 1 aromatic heterocycles. The topological polar surface area (TPSA) is 35.0 Å². The van der Waals surface area contributed by atoms with Gasteiger partial charge in [-0.25, -0.2) is 9.97 Å². The zero-order valence-corrected chi connectivity index (χ0v) is 23.4. The summed E-state index contributed by atoms with van der Waals surface area (Å²) in [6.45, 7) is 5.39. The van der Waals surface area contributed by atoms with Crippen LogP contribution in [-0.4, -0.2) is 16.6 Å². The highest BCUT2D eigenvalue weighted by atomic mass is 16.5. The minimum absolute atomic E-state index is 0.787. The van der Waals surface area contributed by atoms with Gasteiger partial charge in [-0.15, -0.1) is 0 Å². The summed E-state index contributed by atoms with van der Waals surface area (Å²) in [5.74, 6) is 2.80. The molecule has 3 heteroatoms. The molecule has 3 rings (SSSR count). The normalized spacial score (nSPS) is 17.8. The van der Waals surface area contributed by atoms with Crippen LogP contribution in [0.4, 0.5) is 0 Å². The molecule has 0 saturated heterocycles. The van der Waals surface area contributed by atoms with Gasteiger partial charge < -0.3 is 4.74 Å². The van der Waals surface area contributed by atoms with Gasteiger partial charge in [-0.1, -0.05) is 122 Å². The zero-order chi connectivity index (χ0) is 25.3. The lowest BCUT2D eigenvalue weighted by Gasteiger charge is -2.28. The number of para-hydroxylation sites is 1. The maximum Gasteiger partial charge on any atom is 0.128 e. The van der Waals surface area contributed by atoms with Gasteiger partial charge in [-0.05, 0) is 48.8 Å². The van der Waals surface area contributed by atoms with Crippen LogP contribution in [-0.2, 0) is 6.42 Å². The molecular formula is C33H52N2O. The lowest BCUT2D eigenvalue weighted by Crippen LogP contribution is -2.15. The number of hydrogen-bond donors (Lipinski definition) is 0. The van der Waals surface area contributed by atoms with Crippen LogP contribution in [0.25, 0.3) is 11.3 Å². The summed E-state index contributed by atoms with van der Waals surface area (Å²) < 4.78 is 6.29. The maximum atomic E-state index is 6.29. The SMILES string of the molecule is CCCCCCCCCCCCOc1ccccc1-c1ncncc1CCC1CCC(CCC)CC1. The summed E-state index contributed by atoms with van der Waals surface area (Å²) in [7, 11) is 0. The molecule has 0 bridgehead atoms. The first kappa shape index (κ1) is 28.7. The van der Waals surface area contributed by atoms with Gasteiger partial charge in [0, 0.05) is 11.8 Å². The predicted molar refractivity (Wildman–Crippen MR) is 153 cm³/mol. The minimum Gasteiger partial charge on any atom is -0.493 e. The second-order valence-electron chi connectivity index (χ2n) is 11.1. The molecule has 0 spiro atoms. The largest absolute Gasteiger partial charge is 0.493 e. The van der Waals surface area contributed by atoms with Gasteiger partial charge in [0.05, 0.1) is 12.3 Å². The lowest BCUT2D eigenvalue weighted by atomic mass is 9.78. The van der Waals surface area contributed by atoms with Crippen molar-refractivity contribution in [3.63, 3.8) is 0 Å². The fourth-order valence-electron chi connectivity index (χ4n) is 5.92. The Bertz CT molecular complexity index is 828. The average Bonchev–Trinajstić information content (AvgIpc) is 2.92. The Hall–Kier alpha value is -1.90. The highest BCUT2D eigenvalue weighted by Gasteiger charge is 2.21. The van der Waals surface area contributed by atoms with E-state index in [4.69, 9.17) is 9.72 Å². The molecule has 0 amide bonds. The number of aromatic nitrogens is 2. The predicted octanol–water partition coefficient (Wildman–Crippen LogP) is 9.98. The Morgan fingerprint density at radius 2 is 1.39 bits per heavy atom. The second-order valence-corrected chi connectivity index (χ2v) is 11.1. The molecular weight excluding hydrogens is 440 g/mol. The van der Waals surface area contributed by atoms with Gasteiger partial charge in [-0.3, -0.25) is 0 Å². The van der Waals surface area contributed by atoms with E-state index in [2.05, 4.69) is 43.1 Å². The molecule has 1 aromatic carbocycles. The van der Waals surface area contributed by atoms with Crippen molar-refractivity contribution in [2.24, 2.45) is 11.8 Å². The Labute approximate surface area is 221 Å². The van der Waals surface area contributed by atoms with Gasteiger partial charge >= 0.3 is 0 Å². The Balaban J connectivity index is 1.43. The van der Waals surface area contributed by atoms with E-state index in [0.29, 0.717) is 0 Å². The molecule has 1 heterocycles. The van der Waals surface area contributed by atoms with E-state index in [-0.39, 0.29) is 0 Å². The third-order valence-corrected chi connectivity index (χ3v) is 8.17. The van der Waals surface area contributed by atoms with Gasteiger partial charge in [0.25, 0.3) is 0 Å². The first-order valence-electron chi connectivity index (χ1n) is 15.3. The van der Waals surface area contributed by atoms with Crippen LogP contribution in [0.15, 0.2) is 36.8 Å². The van der Waals surface area contributed by atoms with Crippen molar-refractivity contribution < 1.29 is 4.74 Å². The number of nitrogens with zero attached hydrogens (tertiary/aromatic N) is 2. The molecule has 200 valence electrons. The van der Waals surface area contributed by atoms with Gasteiger partial charge in [0.1, 0.15) is 12.1 Å². The maximum absolute atomic E-state index is 6.29. The van der Waals surface area contributed by atoms with Crippen LogP contribution in [0, 0.1) is 11.8 Å². The number of ether oxygens (including phenoxy) is 1. The van der Waals surface area contributed by atoms with E-state index in [1.807, 2.05) is 6.20 Å². The van der Waals surface area contributed by atoms with E-state index >= 15 is 0 Å². The second kappa shape index (κ2) is 17.5. The summed E-state index contributed by atoms with van der Waals surface area (Å²) in [6, 6.07) is 8.44. The highest BCUT2D eigenvalue weighted by Crippen LogP contribution is 2.35. The smallest absolute Gasteiger partial charge is 0.128 e. The van der Waals surface area contributed by atoms with Crippen molar-refractivity contribution in [2.45, 2.75) is 129 Å². The zero-order valence-electron chi connectivity index (χ0n) is 23.4. The standard InChI is InChI=1S/C33H52N2O/c1-3-5-6-7-8-9-10-11-12-15-25-36-32-18-14-13-17-31(32)33-30(26-34-27-35-33)24-23-29-21-19-28(16-4-2)20-22-29/h13-14,17-18,26-29H,3-12,15-16,19-25H2,1-2H3. The van der Waals surface area contributed by atoms with Crippen LogP contribution in [0.5, 0.6) is 5.75 Å². The molecule has 0 radical (unpaired) electrons. The average molecular weight is 493 g/mol. The Kier molecular flexibility index (Phi) is 14.0. The van der Waals surface area contributed by atoms with Gasteiger partial charge in [-0.2, -0.15) is 0 Å². The van der Waals surface area contributed by atoms with Gasteiger partial charge in [0.15, 0.2) is 0 Å². The minimum atomic E-state index is 0.787. The molecule has 0 aliphatic heterocycles. The molecule has 3 nitrogen and oxygen atoms in total. The molecule has 2 aromatic rings. The van der Waals surface area contributed by atoms with Crippen LogP contribution in [0.1, 0.15) is 129 Å². The fraction of sp³-hybridized carbons (Fsp3) is 0.697. The first-order chi connectivity index (χ1) is 17.8. The first-order valence-corrected chi connectivity index (χ1v) is 15.3. The van der Waals surface area contributed by atoms with Crippen molar-refractivity contribution >= 4 is 0 Å². The quantitative estimate of drug-likeness (QED) is 0.194. The number of unbranched alkanes of at least 4 members (excludes halogenated alkanes) is 9. The van der Waals surface area contributed by atoms with Crippen molar-refractivity contribution in [2.75, 3.05) is 6.61 Å². The van der Waals surface area contributed by atoms with Crippen molar-refractivity contribution in [1.29, 1.82) is 0 Å². The molecule has 36 heavy (non-hydrogen) atoms. The number of aryl methyl sites for hydroxylation is 1. The van der Waals surface area contributed by atoms with E-state index in [9.17, 15) is 0 Å². The number of hydrogen-bond acceptors (Lipinski definition) is 3. The van der Waals surface area contributed by atoms with Crippen molar-refractivity contribution in [1.82, 2.24) is 9.97 Å². The number of benzene rings is 1. The van der Waals surface area contributed by atoms with E-state index in [0.717, 1.165) is 48.3 Å². The van der Waals surface area contributed by atoms with Gasteiger partial charge in [0.2, 0.25) is 0 Å². The highest BCUT2D eigenvalue weighted by molar-refractivity contribution is 5.69. The summed E-state index contributed by atoms with van der Waals surface area (Å²) in [4.78, 5) is 9.10. The van der Waals surface area contributed by atoms with Crippen LogP contribution in [0.3, 0.4) is 0 Å². The van der Waals surface area contributed by atoms with E-state index in [1.54, 1.807) is 6.33 Å². The monoisotopic (exact) mass is 492 g/mol. The molecule has 0 N–H and O–H groups in total. The molecule has 1 fully saturated rings. The van der Waals surface area contributed by atoms with Crippen LogP contribution in [0.2, 0.25) is 0 Å². The fourth-order valence-corrected chi connectivity index (χ4v) is 5.92. The molecule has 0 atom stereocenters. The Morgan fingerprint density at radius 1 is 0.750 bits per heavy atom. The summed E-state index contributed by atoms with van der Waals surface area (Å²) >= 11 is 0.